The number of nitrogens with zero attached hydrogens (tertiary/aromatic N) is 2. The SMILES string of the molecule is Cc1ccc([C@@H]([NH2+]CC(=O)N2CCN(c3ccc(O)cc3)CC2)c2ccccc2)cc1. The highest BCUT2D eigenvalue weighted by Crippen LogP contribution is 2.20. The van der Waals surface area contributed by atoms with Crippen molar-refractivity contribution in [2.45, 2.75) is 13.0 Å². The summed E-state index contributed by atoms with van der Waals surface area (Å²) in [6.07, 6.45) is 0. The Bertz CT molecular complexity index is 979. The molecule has 1 atom stereocenters. The number of anilines is 1. The van der Waals surface area contributed by atoms with Crippen LogP contribution in [0.5, 0.6) is 5.75 Å². The number of carbonyl (C=O) groups is 1. The van der Waals surface area contributed by atoms with Gasteiger partial charge in [-0.15, -0.1) is 0 Å². The fourth-order valence-corrected chi connectivity index (χ4v) is 4.12. The molecule has 1 fully saturated rings. The van der Waals surface area contributed by atoms with Gasteiger partial charge in [0.05, 0.1) is 0 Å². The van der Waals surface area contributed by atoms with Gasteiger partial charge in [0, 0.05) is 43.0 Å². The van der Waals surface area contributed by atoms with Gasteiger partial charge in [-0.1, -0.05) is 60.2 Å². The lowest BCUT2D eigenvalue weighted by Crippen LogP contribution is -2.88. The molecule has 3 aromatic carbocycles. The van der Waals surface area contributed by atoms with Crippen molar-refractivity contribution < 1.29 is 15.2 Å². The molecule has 5 nitrogen and oxygen atoms in total. The molecule has 0 spiro atoms. The molecule has 0 saturated carbocycles. The van der Waals surface area contributed by atoms with E-state index in [1.54, 1.807) is 12.1 Å². The second kappa shape index (κ2) is 9.67. The summed E-state index contributed by atoms with van der Waals surface area (Å²) in [5, 5.41) is 11.6. The van der Waals surface area contributed by atoms with Crippen molar-refractivity contribution in [2.24, 2.45) is 0 Å². The predicted octanol–water partition coefficient (Wildman–Crippen LogP) is 2.70. The Morgan fingerprint density at radius 3 is 2.13 bits per heavy atom. The molecular formula is C26H30N3O2+. The summed E-state index contributed by atoms with van der Waals surface area (Å²) < 4.78 is 0. The molecule has 1 heterocycles. The van der Waals surface area contributed by atoms with Gasteiger partial charge in [0.15, 0.2) is 6.54 Å². The van der Waals surface area contributed by atoms with E-state index in [1.807, 2.05) is 23.1 Å². The minimum absolute atomic E-state index is 0.101. The number of amides is 1. The molecule has 0 unspecified atom stereocenters. The number of hydrogen-bond acceptors (Lipinski definition) is 3. The Hall–Kier alpha value is -3.31. The maximum atomic E-state index is 13.0. The van der Waals surface area contributed by atoms with Crippen LogP contribution in [0.25, 0.3) is 0 Å². The minimum Gasteiger partial charge on any atom is -0.508 e. The summed E-state index contributed by atoms with van der Waals surface area (Å²) in [5.41, 5.74) is 4.73. The van der Waals surface area contributed by atoms with Crippen LogP contribution in [0.3, 0.4) is 0 Å². The van der Waals surface area contributed by atoms with E-state index < -0.39 is 0 Å². The van der Waals surface area contributed by atoms with Crippen molar-refractivity contribution in [3.63, 3.8) is 0 Å². The highest BCUT2D eigenvalue weighted by atomic mass is 16.3. The third-order valence-corrected chi connectivity index (χ3v) is 5.97. The average molecular weight is 417 g/mol. The molecule has 0 radical (unpaired) electrons. The summed E-state index contributed by atoms with van der Waals surface area (Å²) in [6.45, 7) is 5.55. The van der Waals surface area contributed by atoms with Crippen LogP contribution < -0.4 is 10.2 Å². The van der Waals surface area contributed by atoms with Crippen LogP contribution in [-0.2, 0) is 4.79 Å². The van der Waals surface area contributed by atoms with Crippen LogP contribution in [0.1, 0.15) is 22.7 Å². The Balaban J connectivity index is 1.37. The lowest BCUT2D eigenvalue weighted by molar-refractivity contribution is -0.677. The van der Waals surface area contributed by atoms with Crippen molar-refractivity contribution in [3.8, 4) is 5.75 Å². The van der Waals surface area contributed by atoms with Crippen molar-refractivity contribution in [1.82, 2.24) is 4.90 Å². The summed E-state index contributed by atoms with van der Waals surface area (Å²) in [5.74, 6) is 0.452. The fourth-order valence-electron chi connectivity index (χ4n) is 4.12. The number of piperazine rings is 1. The second-order valence-electron chi connectivity index (χ2n) is 8.12. The molecule has 3 aromatic rings. The first-order chi connectivity index (χ1) is 15.1. The lowest BCUT2D eigenvalue weighted by atomic mass is 9.98. The van der Waals surface area contributed by atoms with Gasteiger partial charge in [0.2, 0.25) is 0 Å². The summed E-state index contributed by atoms with van der Waals surface area (Å²) in [7, 11) is 0. The zero-order valence-electron chi connectivity index (χ0n) is 17.9. The number of phenols is 1. The zero-order valence-corrected chi connectivity index (χ0v) is 17.9. The molecule has 1 saturated heterocycles. The predicted molar refractivity (Wildman–Crippen MR) is 123 cm³/mol. The number of carbonyl (C=O) groups excluding carboxylic acids is 1. The Kier molecular flexibility index (Phi) is 6.53. The maximum absolute atomic E-state index is 13.0. The first-order valence-electron chi connectivity index (χ1n) is 10.9. The molecule has 4 rings (SSSR count). The molecule has 160 valence electrons. The van der Waals surface area contributed by atoms with Crippen LogP contribution in [0, 0.1) is 6.92 Å². The van der Waals surface area contributed by atoms with Gasteiger partial charge in [-0.2, -0.15) is 0 Å². The molecule has 0 aromatic heterocycles. The number of benzene rings is 3. The van der Waals surface area contributed by atoms with E-state index in [0.29, 0.717) is 19.6 Å². The Labute approximate surface area is 183 Å². The van der Waals surface area contributed by atoms with E-state index in [1.165, 1.54) is 16.7 Å². The van der Waals surface area contributed by atoms with E-state index in [2.05, 4.69) is 65.7 Å². The first-order valence-corrected chi connectivity index (χ1v) is 10.9. The van der Waals surface area contributed by atoms with E-state index in [4.69, 9.17) is 0 Å². The number of phenolic OH excluding ortho intramolecular Hbond substituents is 1. The third kappa shape index (κ3) is 5.25. The van der Waals surface area contributed by atoms with Gasteiger partial charge in [-0.25, -0.2) is 0 Å². The fraction of sp³-hybridized carbons (Fsp3) is 0.269. The number of aromatic hydroxyl groups is 1. The zero-order chi connectivity index (χ0) is 21.6. The van der Waals surface area contributed by atoms with Gasteiger partial charge in [-0.05, 0) is 31.2 Å². The summed E-state index contributed by atoms with van der Waals surface area (Å²) in [6, 6.07) is 26.3. The minimum atomic E-state index is 0.101. The number of aryl methyl sites for hydroxylation is 1. The standard InChI is InChI=1S/C26H29N3O2/c1-20-7-9-22(10-8-20)26(21-5-3-2-4-6-21)27-19-25(31)29-17-15-28(16-18-29)23-11-13-24(30)14-12-23/h2-14,26-27,30H,15-19H2,1H3/p+1/t26-/m0/s1. The van der Waals surface area contributed by atoms with Crippen LogP contribution in [0.4, 0.5) is 5.69 Å². The normalized spacial score (nSPS) is 15.0. The second-order valence-corrected chi connectivity index (χ2v) is 8.12. The largest absolute Gasteiger partial charge is 0.508 e. The van der Waals surface area contributed by atoms with E-state index in [0.717, 1.165) is 18.8 Å². The van der Waals surface area contributed by atoms with Gasteiger partial charge in [0.25, 0.3) is 5.91 Å². The molecule has 5 heteroatoms. The van der Waals surface area contributed by atoms with Crippen LogP contribution >= 0.6 is 0 Å². The van der Waals surface area contributed by atoms with Gasteiger partial charge >= 0.3 is 0 Å². The molecule has 0 aliphatic carbocycles. The number of rotatable bonds is 6. The molecule has 0 bridgehead atoms. The topological polar surface area (TPSA) is 60.4 Å². The van der Waals surface area contributed by atoms with Crippen molar-refractivity contribution in [3.05, 3.63) is 95.6 Å². The number of hydrogen-bond donors (Lipinski definition) is 2. The highest BCUT2D eigenvalue weighted by molar-refractivity contribution is 5.77. The van der Waals surface area contributed by atoms with Gasteiger partial charge in [-0.3, -0.25) is 4.79 Å². The lowest BCUT2D eigenvalue weighted by Gasteiger charge is -2.36. The Morgan fingerprint density at radius 2 is 1.48 bits per heavy atom. The molecule has 1 amide bonds. The monoisotopic (exact) mass is 416 g/mol. The van der Waals surface area contributed by atoms with Crippen molar-refractivity contribution >= 4 is 11.6 Å². The first kappa shape index (κ1) is 20.9. The van der Waals surface area contributed by atoms with E-state index >= 15 is 0 Å². The van der Waals surface area contributed by atoms with Crippen molar-refractivity contribution in [1.29, 1.82) is 0 Å². The van der Waals surface area contributed by atoms with E-state index in [-0.39, 0.29) is 17.7 Å². The van der Waals surface area contributed by atoms with Crippen LogP contribution in [0.2, 0.25) is 0 Å². The van der Waals surface area contributed by atoms with Crippen LogP contribution in [0.15, 0.2) is 78.9 Å². The molecule has 31 heavy (non-hydrogen) atoms. The molecule has 1 aliphatic heterocycles. The average Bonchev–Trinajstić information content (AvgIpc) is 2.81. The maximum Gasteiger partial charge on any atom is 0.277 e. The van der Waals surface area contributed by atoms with E-state index in [9.17, 15) is 9.90 Å². The Morgan fingerprint density at radius 1 is 0.871 bits per heavy atom. The quantitative estimate of drug-likeness (QED) is 0.650. The third-order valence-electron chi connectivity index (χ3n) is 5.97. The number of quaternary nitrogens is 1. The van der Waals surface area contributed by atoms with Crippen molar-refractivity contribution in [2.75, 3.05) is 37.6 Å². The summed E-state index contributed by atoms with van der Waals surface area (Å²) >= 11 is 0. The molecular weight excluding hydrogens is 386 g/mol. The molecule has 1 aliphatic rings. The smallest absolute Gasteiger partial charge is 0.277 e. The summed E-state index contributed by atoms with van der Waals surface area (Å²) in [4.78, 5) is 17.2. The number of nitrogens with two attached hydrogens (primary N) is 1. The molecule has 3 N–H and O–H groups in total. The van der Waals surface area contributed by atoms with Crippen LogP contribution in [-0.4, -0.2) is 48.6 Å². The highest BCUT2D eigenvalue weighted by Gasteiger charge is 2.24. The van der Waals surface area contributed by atoms with Gasteiger partial charge in [0.1, 0.15) is 11.8 Å². The van der Waals surface area contributed by atoms with Gasteiger partial charge < -0.3 is 20.2 Å².